The summed E-state index contributed by atoms with van der Waals surface area (Å²) in [7, 11) is 0. The number of carbonyl (C=O) groups excluding carboxylic acids is 1. The molecule has 0 spiro atoms. The molecule has 1 aromatic carbocycles. The molecule has 17 heavy (non-hydrogen) atoms. The van der Waals surface area contributed by atoms with Gasteiger partial charge in [0.25, 0.3) is 0 Å². The second kappa shape index (κ2) is 5.38. The maximum absolute atomic E-state index is 13.4. The van der Waals surface area contributed by atoms with Crippen LogP contribution in [0.3, 0.4) is 0 Å². The minimum atomic E-state index is -1.22. The van der Waals surface area contributed by atoms with E-state index in [9.17, 15) is 18.4 Å². The zero-order chi connectivity index (χ0) is 13.0. The van der Waals surface area contributed by atoms with Crippen LogP contribution in [0.25, 0.3) is 0 Å². The molecule has 0 fully saturated rings. The molecule has 0 saturated carbocycles. The Morgan fingerprint density at radius 1 is 1.41 bits per heavy atom. The van der Waals surface area contributed by atoms with Gasteiger partial charge in [0.05, 0.1) is 12.5 Å². The van der Waals surface area contributed by atoms with E-state index >= 15 is 0 Å². The fourth-order valence-corrected chi connectivity index (χ4v) is 1.44. The average Bonchev–Trinajstić information content (AvgIpc) is 2.19. The van der Waals surface area contributed by atoms with Crippen molar-refractivity contribution in [3.8, 4) is 0 Å². The van der Waals surface area contributed by atoms with Gasteiger partial charge < -0.3 is 10.4 Å². The predicted octanol–water partition coefficient (Wildman–Crippen LogP) is 1.62. The third kappa shape index (κ3) is 3.82. The summed E-state index contributed by atoms with van der Waals surface area (Å²) < 4.78 is 26.4. The summed E-state index contributed by atoms with van der Waals surface area (Å²) >= 11 is 0. The first-order chi connectivity index (χ1) is 7.90. The summed E-state index contributed by atoms with van der Waals surface area (Å²) in [5, 5.41) is 10.9. The van der Waals surface area contributed by atoms with Crippen LogP contribution in [0.15, 0.2) is 18.2 Å². The zero-order valence-electron chi connectivity index (χ0n) is 9.04. The molecule has 0 aliphatic carbocycles. The summed E-state index contributed by atoms with van der Waals surface area (Å²) in [6.45, 7) is 1.17. The van der Waals surface area contributed by atoms with Crippen molar-refractivity contribution in [2.24, 2.45) is 0 Å². The maximum atomic E-state index is 13.4. The number of hydrogen-bond donors (Lipinski definition) is 2. The van der Waals surface area contributed by atoms with Crippen molar-refractivity contribution in [2.75, 3.05) is 0 Å². The van der Waals surface area contributed by atoms with E-state index in [1.165, 1.54) is 6.92 Å². The number of amides is 1. The average molecular weight is 243 g/mol. The van der Waals surface area contributed by atoms with E-state index in [1.807, 2.05) is 0 Å². The van der Waals surface area contributed by atoms with Crippen LogP contribution in [0.4, 0.5) is 8.78 Å². The number of benzene rings is 1. The Hall–Kier alpha value is -1.98. The molecule has 1 atom stereocenters. The molecule has 6 heteroatoms. The number of rotatable bonds is 4. The minimum Gasteiger partial charge on any atom is -0.481 e. The fraction of sp³-hybridized carbons (Fsp3) is 0.273. The molecule has 92 valence electrons. The van der Waals surface area contributed by atoms with E-state index < -0.39 is 36.0 Å². The monoisotopic (exact) mass is 243 g/mol. The van der Waals surface area contributed by atoms with E-state index in [0.29, 0.717) is 0 Å². The van der Waals surface area contributed by atoms with E-state index in [1.54, 1.807) is 0 Å². The van der Waals surface area contributed by atoms with Gasteiger partial charge in [-0.25, -0.2) is 8.78 Å². The Morgan fingerprint density at radius 2 is 2.06 bits per heavy atom. The number of carboxylic acids is 1. The van der Waals surface area contributed by atoms with Gasteiger partial charge in [-0.2, -0.15) is 0 Å². The van der Waals surface area contributed by atoms with Crippen LogP contribution >= 0.6 is 0 Å². The molecule has 1 aromatic rings. The summed E-state index contributed by atoms with van der Waals surface area (Å²) in [4.78, 5) is 21.5. The Labute approximate surface area is 96.3 Å². The number of hydrogen-bond acceptors (Lipinski definition) is 2. The zero-order valence-corrected chi connectivity index (χ0v) is 9.04. The molecule has 4 nitrogen and oxygen atoms in total. The molecule has 0 saturated heterocycles. The van der Waals surface area contributed by atoms with E-state index in [4.69, 9.17) is 5.11 Å². The summed E-state index contributed by atoms with van der Waals surface area (Å²) in [6.07, 6.45) is -0.514. The van der Waals surface area contributed by atoms with Gasteiger partial charge >= 0.3 is 5.97 Å². The molecule has 0 aromatic heterocycles. The summed E-state index contributed by atoms with van der Waals surface area (Å²) in [5.41, 5.74) is -0.178. The van der Waals surface area contributed by atoms with Crippen molar-refractivity contribution in [1.29, 1.82) is 0 Å². The van der Waals surface area contributed by atoms with Crippen molar-refractivity contribution in [3.63, 3.8) is 0 Å². The van der Waals surface area contributed by atoms with Gasteiger partial charge in [-0.1, -0.05) is 0 Å². The van der Waals surface area contributed by atoms with Crippen molar-refractivity contribution in [2.45, 2.75) is 19.4 Å². The van der Waals surface area contributed by atoms with Gasteiger partial charge in [-0.15, -0.1) is 0 Å². The molecule has 0 radical (unpaired) electrons. The lowest BCUT2D eigenvalue weighted by Crippen LogP contribution is -2.28. The van der Waals surface area contributed by atoms with Crippen LogP contribution in [0.1, 0.15) is 24.9 Å². The second-order valence-corrected chi connectivity index (χ2v) is 3.52. The van der Waals surface area contributed by atoms with E-state index in [0.717, 1.165) is 18.2 Å². The van der Waals surface area contributed by atoms with Gasteiger partial charge in [0, 0.05) is 12.5 Å². The van der Waals surface area contributed by atoms with Crippen molar-refractivity contribution >= 4 is 11.9 Å². The highest BCUT2D eigenvalue weighted by Crippen LogP contribution is 2.21. The molecule has 0 aliphatic heterocycles. The number of halogens is 2. The van der Waals surface area contributed by atoms with Crippen molar-refractivity contribution < 1.29 is 23.5 Å². The first kappa shape index (κ1) is 13.1. The van der Waals surface area contributed by atoms with Crippen LogP contribution in [-0.2, 0) is 9.59 Å². The number of carboxylic acid groups (broad SMARTS) is 1. The van der Waals surface area contributed by atoms with Gasteiger partial charge in [-0.05, 0) is 18.2 Å². The Bertz CT molecular complexity index is 432. The van der Waals surface area contributed by atoms with Crippen molar-refractivity contribution in [1.82, 2.24) is 5.32 Å². The normalized spacial score (nSPS) is 11.9. The van der Waals surface area contributed by atoms with Crippen LogP contribution in [0.5, 0.6) is 0 Å². The first-order valence-corrected chi connectivity index (χ1v) is 4.84. The molecule has 1 amide bonds. The molecular formula is C11H11F2NO3. The van der Waals surface area contributed by atoms with Gasteiger partial charge in [0.15, 0.2) is 0 Å². The molecule has 0 aliphatic rings. The topological polar surface area (TPSA) is 66.4 Å². The lowest BCUT2D eigenvalue weighted by molar-refractivity contribution is -0.137. The van der Waals surface area contributed by atoms with Crippen LogP contribution in [0, 0.1) is 11.6 Å². The lowest BCUT2D eigenvalue weighted by atomic mass is 10.0. The Morgan fingerprint density at radius 3 is 2.59 bits per heavy atom. The third-order valence-electron chi connectivity index (χ3n) is 2.09. The number of carbonyl (C=O) groups is 2. The predicted molar refractivity (Wildman–Crippen MR) is 55.2 cm³/mol. The van der Waals surface area contributed by atoms with Crippen LogP contribution in [-0.4, -0.2) is 17.0 Å². The quantitative estimate of drug-likeness (QED) is 0.844. The Balaban J connectivity index is 3.06. The highest BCUT2D eigenvalue weighted by atomic mass is 19.1. The standard InChI is InChI=1S/C11H11F2NO3/c1-6(15)14-10(5-11(16)17)8-4-7(12)2-3-9(8)13/h2-4,10H,5H2,1H3,(H,14,15)(H,16,17). The minimum absolute atomic E-state index is 0.178. The SMILES string of the molecule is CC(=O)NC(CC(=O)O)c1cc(F)ccc1F. The van der Waals surface area contributed by atoms with E-state index in [-0.39, 0.29) is 5.56 Å². The Kier molecular flexibility index (Phi) is 4.14. The summed E-state index contributed by atoms with van der Waals surface area (Å²) in [6, 6.07) is 1.60. The number of aliphatic carboxylic acids is 1. The molecule has 2 N–H and O–H groups in total. The highest BCUT2D eigenvalue weighted by molar-refractivity contribution is 5.75. The second-order valence-electron chi connectivity index (χ2n) is 3.52. The molecule has 0 heterocycles. The molecular weight excluding hydrogens is 232 g/mol. The van der Waals surface area contributed by atoms with E-state index in [2.05, 4.69) is 5.32 Å². The molecule has 1 unspecified atom stereocenters. The third-order valence-corrected chi connectivity index (χ3v) is 2.09. The van der Waals surface area contributed by atoms with Gasteiger partial charge in [-0.3, -0.25) is 9.59 Å². The fourth-order valence-electron chi connectivity index (χ4n) is 1.44. The van der Waals surface area contributed by atoms with Crippen LogP contribution in [0.2, 0.25) is 0 Å². The van der Waals surface area contributed by atoms with Gasteiger partial charge in [0.2, 0.25) is 5.91 Å². The maximum Gasteiger partial charge on any atom is 0.305 e. The molecule has 1 rings (SSSR count). The number of nitrogens with one attached hydrogen (secondary N) is 1. The van der Waals surface area contributed by atoms with Gasteiger partial charge in [0.1, 0.15) is 11.6 Å². The lowest BCUT2D eigenvalue weighted by Gasteiger charge is -2.17. The smallest absolute Gasteiger partial charge is 0.305 e. The van der Waals surface area contributed by atoms with Crippen LogP contribution < -0.4 is 5.32 Å². The van der Waals surface area contributed by atoms with Crippen molar-refractivity contribution in [3.05, 3.63) is 35.4 Å². The largest absolute Gasteiger partial charge is 0.481 e. The summed E-state index contributed by atoms with van der Waals surface area (Å²) in [5.74, 6) is -3.18. The highest BCUT2D eigenvalue weighted by Gasteiger charge is 2.20. The first-order valence-electron chi connectivity index (χ1n) is 4.84. The molecule has 0 bridgehead atoms.